The lowest BCUT2D eigenvalue weighted by Gasteiger charge is -2.05. The van der Waals surface area contributed by atoms with Gasteiger partial charge < -0.3 is 4.74 Å². The largest absolute Gasteiger partial charge is 0.497 e. The van der Waals surface area contributed by atoms with Crippen LogP contribution < -0.4 is 4.74 Å². The van der Waals surface area contributed by atoms with Crippen molar-refractivity contribution in [2.75, 3.05) is 7.11 Å². The summed E-state index contributed by atoms with van der Waals surface area (Å²) in [6.07, 6.45) is 0. The molecular formula is C13H9F2NO3. The van der Waals surface area contributed by atoms with E-state index in [-0.39, 0.29) is 5.56 Å². The molecule has 0 radical (unpaired) electrons. The number of nitro benzene ring substituents is 1. The molecule has 2 aromatic carbocycles. The number of hydrogen-bond acceptors (Lipinski definition) is 3. The van der Waals surface area contributed by atoms with E-state index in [1.54, 1.807) is 24.3 Å². The maximum Gasteiger partial charge on any atom is 0.308 e. The maximum absolute atomic E-state index is 13.3. The molecule has 0 amide bonds. The number of halogens is 2. The van der Waals surface area contributed by atoms with E-state index < -0.39 is 22.2 Å². The topological polar surface area (TPSA) is 52.4 Å². The highest BCUT2D eigenvalue weighted by atomic mass is 19.2. The van der Waals surface area contributed by atoms with Gasteiger partial charge in [-0.15, -0.1) is 0 Å². The Morgan fingerprint density at radius 2 is 1.74 bits per heavy atom. The van der Waals surface area contributed by atoms with Crippen LogP contribution in [-0.4, -0.2) is 12.0 Å². The molecule has 2 rings (SSSR count). The van der Waals surface area contributed by atoms with Crippen LogP contribution in [0.1, 0.15) is 0 Å². The van der Waals surface area contributed by atoms with Crippen LogP contribution in [0.4, 0.5) is 14.5 Å². The molecular weight excluding hydrogens is 256 g/mol. The summed E-state index contributed by atoms with van der Waals surface area (Å²) >= 11 is 0. The van der Waals surface area contributed by atoms with Gasteiger partial charge in [-0.3, -0.25) is 10.1 Å². The van der Waals surface area contributed by atoms with Crippen molar-refractivity contribution >= 4 is 5.69 Å². The summed E-state index contributed by atoms with van der Waals surface area (Å²) in [5, 5.41) is 10.6. The number of ether oxygens (including phenoxy) is 1. The van der Waals surface area contributed by atoms with Gasteiger partial charge in [0, 0.05) is 6.07 Å². The minimum absolute atomic E-state index is 0.230. The first-order valence-electron chi connectivity index (χ1n) is 5.31. The predicted octanol–water partition coefficient (Wildman–Crippen LogP) is 3.55. The van der Waals surface area contributed by atoms with Crippen LogP contribution in [0.5, 0.6) is 5.75 Å². The molecule has 0 aliphatic carbocycles. The van der Waals surface area contributed by atoms with E-state index in [2.05, 4.69) is 0 Å². The average Bonchev–Trinajstić information content (AvgIpc) is 2.41. The number of hydrogen-bond donors (Lipinski definition) is 0. The summed E-state index contributed by atoms with van der Waals surface area (Å²) in [7, 11) is 1.50. The van der Waals surface area contributed by atoms with E-state index in [0.717, 1.165) is 12.1 Å². The van der Waals surface area contributed by atoms with E-state index in [9.17, 15) is 18.9 Å². The molecule has 98 valence electrons. The van der Waals surface area contributed by atoms with Gasteiger partial charge in [-0.2, -0.15) is 4.39 Å². The Kier molecular flexibility index (Phi) is 3.41. The molecule has 2 aromatic rings. The van der Waals surface area contributed by atoms with Crippen LogP contribution in [0.15, 0.2) is 36.4 Å². The van der Waals surface area contributed by atoms with E-state index in [1.165, 1.54) is 7.11 Å². The molecule has 0 aliphatic heterocycles. The van der Waals surface area contributed by atoms with Crippen LogP contribution in [0.25, 0.3) is 11.1 Å². The summed E-state index contributed by atoms with van der Waals surface area (Å²) < 4.78 is 31.5. The molecule has 0 saturated carbocycles. The molecule has 6 heteroatoms. The Hall–Kier alpha value is -2.50. The Bertz CT molecular complexity index is 627. The quantitative estimate of drug-likeness (QED) is 0.630. The van der Waals surface area contributed by atoms with Crippen molar-refractivity contribution in [3.63, 3.8) is 0 Å². The highest BCUT2D eigenvalue weighted by Gasteiger charge is 2.20. The van der Waals surface area contributed by atoms with Gasteiger partial charge in [0.15, 0.2) is 5.82 Å². The predicted molar refractivity (Wildman–Crippen MR) is 65.0 cm³/mol. The number of methoxy groups -OCH3 is 1. The highest BCUT2D eigenvalue weighted by Crippen LogP contribution is 2.29. The van der Waals surface area contributed by atoms with E-state index >= 15 is 0 Å². The minimum atomic E-state index is -1.46. The van der Waals surface area contributed by atoms with Crippen LogP contribution in [-0.2, 0) is 0 Å². The molecule has 0 atom stereocenters. The van der Waals surface area contributed by atoms with Crippen molar-refractivity contribution in [3.8, 4) is 16.9 Å². The Morgan fingerprint density at radius 1 is 1.11 bits per heavy atom. The van der Waals surface area contributed by atoms with Crippen LogP contribution >= 0.6 is 0 Å². The number of benzene rings is 2. The zero-order valence-corrected chi connectivity index (χ0v) is 9.89. The second-order valence-electron chi connectivity index (χ2n) is 3.78. The fourth-order valence-electron chi connectivity index (χ4n) is 1.66. The first kappa shape index (κ1) is 12.9. The highest BCUT2D eigenvalue weighted by molar-refractivity contribution is 5.67. The van der Waals surface area contributed by atoms with Gasteiger partial charge in [0.1, 0.15) is 5.75 Å². The van der Waals surface area contributed by atoms with Gasteiger partial charge in [0.2, 0.25) is 5.82 Å². The van der Waals surface area contributed by atoms with Gasteiger partial charge >= 0.3 is 5.69 Å². The summed E-state index contributed by atoms with van der Waals surface area (Å²) in [4.78, 5) is 9.68. The molecule has 0 aliphatic rings. The third-order valence-corrected chi connectivity index (χ3v) is 2.63. The van der Waals surface area contributed by atoms with Gasteiger partial charge in [-0.05, 0) is 29.3 Å². The molecule has 0 heterocycles. The van der Waals surface area contributed by atoms with E-state index in [4.69, 9.17) is 4.74 Å². The Morgan fingerprint density at radius 3 is 2.26 bits per heavy atom. The lowest BCUT2D eigenvalue weighted by Crippen LogP contribution is -1.96. The smallest absolute Gasteiger partial charge is 0.308 e. The molecule has 0 N–H and O–H groups in total. The van der Waals surface area contributed by atoms with Gasteiger partial charge in [0.05, 0.1) is 12.0 Å². The molecule has 0 spiro atoms. The number of nitro groups is 1. The molecule has 4 nitrogen and oxygen atoms in total. The van der Waals surface area contributed by atoms with Crippen LogP contribution in [0.2, 0.25) is 0 Å². The second-order valence-corrected chi connectivity index (χ2v) is 3.78. The fraction of sp³-hybridized carbons (Fsp3) is 0.0769. The molecule has 19 heavy (non-hydrogen) atoms. The molecule has 0 bridgehead atoms. The molecule has 0 fully saturated rings. The first-order valence-corrected chi connectivity index (χ1v) is 5.31. The van der Waals surface area contributed by atoms with E-state index in [1.807, 2.05) is 0 Å². The zero-order valence-electron chi connectivity index (χ0n) is 9.89. The Balaban J connectivity index is 2.52. The first-order chi connectivity index (χ1) is 9.02. The van der Waals surface area contributed by atoms with Crippen molar-refractivity contribution in [1.82, 2.24) is 0 Å². The lowest BCUT2D eigenvalue weighted by atomic mass is 10.0. The molecule has 0 unspecified atom stereocenters. The zero-order chi connectivity index (χ0) is 14.0. The van der Waals surface area contributed by atoms with E-state index in [0.29, 0.717) is 11.3 Å². The lowest BCUT2D eigenvalue weighted by molar-refractivity contribution is -0.387. The van der Waals surface area contributed by atoms with Crippen LogP contribution in [0.3, 0.4) is 0 Å². The fourth-order valence-corrected chi connectivity index (χ4v) is 1.66. The summed E-state index contributed by atoms with van der Waals surface area (Å²) in [6, 6.07) is 8.39. The van der Waals surface area contributed by atoms with Crippen molar-refractivity contribution in [3.05, 3.63) is 58.1 Å². The number of rotatable bonds is 3. The number of nitrogens with zero attached hydrogens (tertiary/aromatic N) is 1. The van der Waals surface area contributed by atoms with Gasteiger partial charge in [-0.1, -0.05) is 12.1 Å². The van der Waals surface area contributed by atoms with Gasteiger partial charge in [-0.25, -0.2) is 4.39 Å². The van der Waals surface area contributed by atoms with Crippen LogP contribution in [0, 0.1) is 21.7 Å². The van der Waals surface area contributed by atoms with Crippen molar-refractivity contribution in [2.24, 2.45) is 0 Å². The molecule has 0 aromatic heterocycles. The van der Waals surface area contributed by atoms with Crippen molar-refractivity contribution < 1.29 is 18.4 Å². The molecule has 0 saturated heterocycles. The minimum Gasteiger partial charge on any atom is -0.497 e. The third-order valence-electron chi connectivity index (χ3n) is 2.63. The summed E-state index contributed by atoms with van der Waals surface area (Å²) in [6.45, 7) is 0. The maximum atomic E-state index is 13.3. The third kappa shape index (κ3) is 2.52. The Labute approximate surface area is 107 Å². The average molecular weight is 265 g/mol. The normalized spacial score (nSPS) is 10.3. The van der Waals surface area contributed by atoms with Crippen molar-refractivity contribution in [1.29, 1.82) is 0 Å². The monoisotopic (exact) mass is 265 g/mol. The standard InChI is InChI=1S/C13H9F2NO3/c1-19-10-4-2-8(3-5-10)9-6-11(14)13(15)12(7-9)16(17)18/h2-7H,1H3. The second kappa shape index (κ2) is 5.01. The SMILES string of the molecule is COc1ccc(-c2cc(F)c(F)c([N+](=O)[O-])c2)cc1. The summed E-state index contributed by atoms with van der Waals surface area (Å²) in [5.74, 6) is -2.11. The van der Waals surface area contributed by atoms with Gasteiger partial charge in [0.25, 0.3) is 0 Å². The van der Waals surface area contributed by atoms with Crippen molar-refractivity contribution in [2.45, 2.75) is 0 Å². The summed E-state index contributed by atoms with van der Waals surface area (Å²) in [5.41, 5.74) is -0.123.